The van der Waals surface area contributed by atoms with Crippen LogP contribution in [0.2, 0.25) is 0 Å². The van der Waals surface area contributed by atoms with Gasteiger partial charge in [0.25, 0.3) is 0 Å². The van der Waals surface area contributed by atoms with E-state index >= 15 is 0 Å². The molecule has 0 aromatic rings. The Bertz CT molecular complexity index is 194. The zero-order valence-electron chi connectivity index (χ0n) is 6.46. The molecule has 0 atom stereocenters. The van der Waals surface area contributed by atoms with Crippen molar-refractivity contribution in [1.82, 2.24) is 0 Å². The van der Waals surface area contributed by atoms with E-state index in [1.807, 2.05) is 0 Å². The van der Waals surface area contributed by atoms with Crippen LogP contribution in [-0.4, -0.2) is 18.9 Å². The fourth-order valence-corrected chi connectivity index (χ4v) is 0.463. The van der Waals surface area contributed by atoms with Crippen molar-refractivity contribution in [2.45, 2.75) is 19.2 Å². The zero-order chi connectivity index (χ0) is 10.7. The molecule has 0 aromatic heterocycles. The summed E-state index contributed by atoms with van der Waals surface area (Å²) in [4.78, 5) is 0. The lowest BCUT2D eigenvalue weighted by atomic mass is 10.4. The van der Waals surface area contributed by atoms with Crippen molar-refractivity contribution in [3.8, 4) is 0 Å². The van der Waals surface area contributed by atoms with Crippen LogP contribution in [0.1, 0.15) is 6.92 Å². The largest absolute Gasteiger partial charge is 0.442 e. The summed E-state index contributed by atoms with van der Waals surface area (Å²) in [5, 5.41) is 0. The topological polar surface area (TPSA) is 9.23 Å². The normalized spacial score (nSPS) is 14.8. The minimum atomic E-state index is -5.40. The Kier molecular flexibility index (Phi) is 3.77. The van der Waals surface area contributed by atoms with Crippen molar-refractivity contribution in [3.63, 3.8) is 0 Å². The zero-order valence-corrected chi connectivity index (χ0v) is 6.46. The van der Waals surface area contributed by atoms with Gasteiger partial charge in [0.1, 0.15) is 0 Å². The van der Waals surface area contributed by atoms with Gasteiger partial charge in [-0.05, 0) is 6.92 Å². The van der Waals surface area contributed by atoms with E-state index in [4.69, 9.17) is 0 Å². The third-order valence-corrected chi connectivity index (χ3v) is 0.902. The maximum atomic E-state index is 12.2. The number of rotatable bonds is 3. The van der Waals surface area contributed by atoms with Gasteiger partial charge in [0.05, 0.1) is 12.7 Å². The Labute approximate surface area is 70.0 Å². The van der Waals surface area contributed by atoms with Gasteiger partial charge < -0.3 is 4.74 Å². The molecule has 0 N–H and O–H groups in total. The molecule has 0 rings (SSSR count). The minimum Gasteiger partial charge on any atom is -0.317 e. The van der Waals surface area contributed by atoms with E-state index in [9.17, 15) is 26.3 Å². The van der Waals surface area contributed by atoms with Gasteiger partial charge in [0, 0.05) is 0 Å². The smallest absolute Gasteiger partial charge is 0.317 e. The molecule has 0 saturated carbocycles. The monoisotopic (exact) mass is 208 g/mol. The maximum Gasteiger partial charge on any atom is 0.442 e. The molecule has 13 heavy (non-hydrogen) atoms. The fourth-order valence-electron chi connectivity index (χ4n) is 0.463. The first-order valence-corrected chi connectivity index (χ1v) is 3.16. The number of alkyl halides is 5. The molecular formula is C6H6F6O. The molecule has 0 aliphatic carbocycles. The van der Waals surface area contributed by atoms with Crippen molar-refractivity contribution in [2.75, 3.05) is 6.61 Å². The summed E-state index contributed by atoms with van der Waals surface area (Å²) in [6.07, 6.45) is -10.5. The Balaban J connectivity index is 4.54. The second-order valence-electron chi connectivity index (χ2n) is 1.98. The van der Waals surface area contributed by atoms with Crippen molar-refractivity contribution >= 4 is 0 Å². The van der Waals surface area contributed by atoms with Crippen LogP contribution in [0.25, 0.3) is 0 Å². The van der Waals surface area contributed by atoms with E-state index < -0.39 is 30.8 Å². The number of hydrogen-bond donors (Lipinski definition) is 0. The lowest BCUT2D eigenvalue weighted by Crippen LogP contribution is -2.20. The summed E-state index contributed by atoms with van der Waals surface area (Å²) in [5.74, 6) is -2.87. The fraction of sp³-hybridized carbons (Fsp3) is 0.667. The van der Waals surface area contributed by atoms with E-state index in [1.54, 1.807) is 0 Å². The molecule has 0 aromatic carbocycles. The maximum absolute atomic E-state index is 12.2. The first-order valence-electron chi connectivity index (χ1n) is 3.16. The summed E-state index contributed by atoms with van der Waals surface area (Å²) >= 11 is 0. The highest BCUT2D eigenvalue weighted by Gasteiger charge is 2.39. The Morgan fingerprint density at radius 1 is 1.23 bits per heavy atom. The molecule has 0 unspecified atom stereocenters. The predicted molar refractivity (Wildman–Crippen MR) is 31.8 cm³/mol. The molecule has 0 amide bonds. The quantitative estimate of drug-likeness (QED) is 0.647. The van der Waals surface area contributed by atoms with Crippen molar-refractivity contribution in [1.29, 1.82) is 0 Å². The molecule has 0 aliphatic rings. The Morgan fingerprint density at radius 2 is 1.69 bits per heavy atom. The lowest BCUT2D eigenvalue weighted by molar-refractivity contribution is -0.201. The van der Waals surface area contributed by atoms with Gasteiger partial charge in [-0.25, -0.2) is 4.39 Å². The van der Waals surface area contributed by atoms with Crippen LogP contribution in [0.3, 0.4) is 0 Å². The molecule has 1 nitrogen and oxygen atoms in total. The van der Waals surface area contributed by atoms with Gasteiger partial charge in [-0.1, -0.05) is 0 Å². The number of halogens is 6. The molecule has 0 spiro atoms. The van der Waals surface area contributed by atoms with Crippen LogP contribution in [0.4, 0.5) is 26.3 Å². The highest BCUT2D eigenvalue weighted by molar-refractivity contribution is 5.03. The second kappa shape index (κ2) is 3.99. The molecule has 0 fully saturated rings. The third-order valence-electron chi connectivity index (χ3n) is 0.902. The molecule has 78 valence electrons. The van der Waals surface area contributed by atoms with Crippen LogP contribution in [0, 0.1) is 0 Å². The minimum absolute atomic E-state index is 0.519. The SMILES string of the molecule is CCOC(F)(F)C=C(F)C(F)(F)F. The third kappa shape index (κ3) is 4.76. The van der Waals surface area contributed by atoms with E-state index in [0.29, 0.717) is 0 Å². The summed E-state index contributed by atoms with van der Waals surface area (Å²) in [5.41, 5.74) is 0. The number of allylic oxidation sites excluding steroid dienone is 1. The predicted octanol–water partition coefficient (Wildman–Crippen LogP) is 3.03. The molecular weight excluding hydrogens is 202 g/mol. The van der Waals surface area contributed by atoms with Gasteiger partial charge in [-0.2, -0.15) is 22.0 Å². The van der Waals surface area contributed by atoms with Crippen molar-refractivity contribution in [2.24, 2.45) is 0 Å². The average Bonchev–Trinajstić information content (AvgIpc) is 1.83. The average molecular weight is 208 g/mol. The highest BCUT2D eigenvalue weighted by Crippen LogP contribution is 2.30. The Morgan fingerprint density at radius 3 is 2.00 bits per heavy atom. The van der Waals surface area contributed by atoms with Gasteiger partial charge in [-0.15, -0.1) is 0 Å². The van der Waals surface area contributed by atoms with Crippen LogP contribution in [0.5, 0.6) is 0 Å². The van der Waals surface area contributed by atoms with E-state index in [-0.39, 0.29) is 0 Å². The first-order chi connectivity index (χ1) is 5.69. The van der Waals surface area contributed by atoms with Crippen LogP contribution in [-0.2, 0) is 4.74 Å². The molecule has 7 heteroatoms. The van der Waals surface area contributed by atoms with Crippen molar-refractivity contribution < 1.29 is 31.1 Å². The van der Waals surface area contributed by atoms with Gasteiger partial charge >= 0.3 is 12.3 Å². The van der Waals surface area contributed by atoms with Crippen LogP contribution >= 0.6 is 0 Å². The summed E-state index contributed by atoms with van der Waals surface area (Å²) in [7, 11) is 0. The molecule has 0 radical (unpaired) electrons. The molecule has 0 heterocycles. The molecule has 0 saturated heterocycles. The lowest BCUT2D eigenvalue weighted by Gasteiger charge is -2.12. The summed E-state index contributed by atoms with van der Waals surface area (Å²) in [6, 6.07) is 0. The van der Waals surface area contributed by atoms with E-state index in [1.165, 1.54) is 0 Å². The van der Waals surface area contributed by atoms with E-state index in [0.717, 1.165) is 6.92 Å². The van der Waals surface area contributed by atoms with Crippen LogP contribution in [0.15, 0.2) is 11.9 Å². The van der Waals surface area contributed by atoms with Gasteiger partial charge in [0.15, 0.2) is 0 Å². The standard InChI is InChI=1S/C6H6F6O/c1-2-13-5(8,9)3-4(7)6(10,11)12/h3H,2H2,1H3. The first kappa shape index (κ1) is 12.3. The highest BCUT2D eigenvalue weighted by atomic mass is 19.4. The van der Waals surface area contributed by atoms with Gasteiger partial charge in [0.2, 0.25) is 5.83 Å². The molecule has 0 bridgehead atoms. The van der Waals surface area contributed by atoms with Crippen LogP contribution < -0.4 is 0 Å². The Hall–Kier alpha value is -0.720. The van der Waals surface area contributed by atoms with Gasteiger partial charge in [-0.3, -0.25) is 0 Å². The van der Waals surface area contributed by atoms with Crippen molar-refractivity contribution in [3.05, 3.63) is 11.9 Å². The molecule has 0 aliphatic heterocycles. The van der Waals surface area contributed by atoms with E-state index in [2.05, 4.69) is 4.74 Å². The number of hydrogen-bond acceptors (Lipinski definition) is 1. The summed E-state index contributed by atoms with van der Waals surface area (Å²) < 4.78 is 73.9. The number of ether oxygens (including phenoxy) is 1. The second-order valence-corrected chi connectivity index (χ2v) is 1.98. The summed E-state index contributed by atoms with van der Waals surface area (Å²) in [6.45, 7) is 0.627.